The summed E-state index contributed by atoms with van der Waals surface area (Å²) in [6.45, 7) is 6.33. The predicted molar refractivity (Wildman–Crippen MR) is 75.1 cm³/mol. The topological polar surface area (TPSA) is 58.2 Å². The predicted octanol–water partition coefficient (Wildman–Crippen LogP) is 1.33. The first kappa shape index (κ1) is 15.1. The Kier molecular flexibility index (Phi) is 5.78. The summed E-state index contributed by atoms with van der Waals surface area (Å²) in [5, 5.41) is 3.33. The fourth-order valence-corrected chi connectivity index (χ4v) is 2.33. The summed E-state index contributed by atoms with van der Waals surface area (Å²) in [5.74, 6) is 0. The number of benzene rings is 1. The molecule has 1 rings (SSSR count). The minimum Gasteiger partial charge on any atom is -0.313 e. The van der Waals surface area contributed by atoms with Gasteiger partial charge in [-0.1, -0.05) is 18.2 Å². The van der Waals surface area contributed by atoms with Gasteiger partial charge in [0.1, 0.15) is 0 Å². The van der Waals surface area contributed by atoms with Crippen LogP contribution in [0.3, 0.4) is 0 Å². The summed E-state index contributed by atoms with van der Waals surface area (Å²) in [6.07, 6.45) is 1.97. The molecule has 0 unspecified atom stereocenters. The van der Waals surface area contributed by atoms with E-state index in [0.717, 1.165) is 19.5 Å². The van der Waals surface area contributed by atoms with Crippen molar-refractivity contribution >= 4 is 10.0 Å². The van der Waals surface area contributed by atoms with Crippen LogP contribution in [-0.4, -0.2) is 27.8 Å². The van der Waals surface area contributed by atoms with Crippen molar-refractivity contribution < 1.29 is 8.42 Å². The lowest BCUT2D eigenvalue weighted by Gasteiger charge is -2.10. The molecule has 0 saturated carbocycles. The SMILES string of the molecule is Cc1cccc(C)c1CNCCCNS(C)(=O)=O. The molecule has 4 nitrogen and oxygen atoms in total. The van der Waals surface area contributed by atoms with E-state index in [1.54, 1.807) is 0 Å². The van der Waals surface area contributed by atoms with Crippen molar-refractivity contribution in [3.05, 3.63) is 34.9 Å². The van der Waals surface area contributed by atoms with Crippen LogP contribution in [-0.2, 0) is 16.6 Å². The van der Waals surface area contributed by atoms with E-state index in [1.807, 2.05) is 0 Å². The van der Waals surface area contributed by atoms with Crippen LogP contribution in [0.5, 0.6) is 0 Å². The number of sulfonamides is 1. The largest absolute Gasteiger partial charge is 0.313 e. The third kappa shape index (κ3) is 5.62. The summed E-state index contributed by atoms with van der Waals surface area (Å²) in [5.41, 5.74) is 3.90. The van der Waals surface area contributed by atoms with E-state index in [9.17, 15) is 8.42 Å². The van der Waals surface area contributed by atoms with Crippen molar-refractivity contribution in [2.75, 3.05) is 19.3 Å². The summed E-state index contributed by atoms with van der Waals surface area (Å²) >= 11 is 0. The maximum absolute atomic E-state index is 10.8. The summed E-state index contributed by atoms with van der Waals surface area (Å²) < 4.78 is 24.2. The molecule has 0 aliphatic carbocycles. The van der Waals surface area contributed by atoms with Gasteiger partial charge in [0.05, 0.1) is 6.26 Å². The van der Waals surface area contributed by atoms with E-state index in [4.69, 9.17) is 0 Å². The monoisotopic (exact) mass is 270 g/mol. The van der Waals surface area contributed by atoms with Crippen LogP contribution in [0.25, 0.3) is 0 Å². The van der Waals surface area contributed by atoms with Gasteiger partial charge in [0.2, 0.25) is 10.0 Å². The van der Waals surface area contributed by atoms with Crippen LogP contribution in [0.1, 0.15) is 23.1 Å². The average Bonchev–Trinajstić information content (AvgIpc) is 2.25. The molecule has 1 aromatic rings. The first-order valence-corrected chi connectivity index (χ1v) is 8.00. The van der Waals surface area contributed by atoms with E-state index in [-0.39, 0.29) is 0 Å². The van der Waals surface area contributed by atoms with Crippen molar-refractivity contribution in [1.82, 2.24) is 10.0 Å². The molecule has 1 aromatic carbocycles. The second-order valence-electron chi connectivity index (χ2n) is 4.57. The molecule has 0 radical (unpaired) electrons. The molecule has 0 amide bonds. The van der Waals surface area contributed by atoms with Gasteiger partial charge in [0.15, 0.2) is 0 Å². The zero-order valence-corrected chi connectivity index (χ0v) is 12.1. The molecule has 0 aliphatic heterocycles. The highest BCUT2D eigenvalue weighted by Gasteiger charge is 2.01. The van der Waals surface area contributed by atoms with Crippen LogP contribution in [0, 0.1) is 13.8 Å². The Morgan fingerprint density at radius 2 is 1.72 bits per heavy atom. The Morgan fingerprint density at radius 1 is 1.11 bits per heavy atom. The lowest BCUT2D eigenvalue weighted by Crippen LogP contribution is -2.26. The van der Waals surface area contributed by atoms with Gasteiger partial charge < -0.3 is 5.32 Å². The molecule has 0 heterocycles. The second-order valence-corrected chi connectivity index (χ2v) is 6.40. The van der Waals surface area contributed by atoms with Crippen molar-refractivity contribution in [2.24, 2.45) is 0 Å². The highest BCUT2D eigenvalue weighted by atomic mass is 32.2. The van der Waals surface area contributed by atoms with E-state index in [0.29, 0.717) is 6.54 Å². The number of nitrogens with one attached hydrogen (secondary N) is 2. The van der Waals surface area contributed by atoms with E-state index < -0.39 is 10.0 Å². The van der Waals surface area contributed by atoms with Crippen molar-refractivity contribution in [3.63, 3.8) is 0 Å². The molecule has 2 N–H and O–H groups in total. The molecule has 0 saturated heterocycles. The maximum atomic E-state index is 10.8. The second kappa shape index (κ2) is 6.87. The highest BCUT2D eigenvalue weighted by Crippen LogP contribution is 2.12. The van der Waals surface area contributed by atoms with E-state index in [2.05, 4.69) is 42.1 Å². The Hall–Kier alpha value is -0.910. The Labute approximate surface area is 110 Å². The third-order valence-electron chi connectivity index (χ3n) is 2.84. The number of hydrogen-bond acceptors (Lipinski definition) is 3. The molecular formula is C13H22N2O2S. The van der Waals surface area contributed by atoms with Gasteiger partial charge in [-0.25, -0.2) is 13.1 Å². The molecule has 0 spiro atoms. The van der Waals surface area contributed by atoms with E-state index >= 15 is 0 Å². The highest BCUT2D eigenvalue weighted by molar-refractivity contribution is 7.88. The molecular weight excluding hydrogens is 248 g/mol. The first-order valence-electron chi connectivity index (χ1n) is 6.10. The fourth-order valence-electron chi connectivity index (χ4n) is 1.81. The van der Waals surface area contributed by atoms with Crippen LogP contribution in [0.2, 0.25) is 0 Å². The number of hydrogen-bond donors (Lipinski definition) is 2. The third-order valence-corrected chi connectivity index (χ3v) is 3.57. The molecule has 0 fully saturated rings. The van der Waals surface area contributed by atoms with Crippen LogP contribution in [0.4, 0.5) is 0 Å². The van der Waals surface area contributed by atoms with Gasteiger partial charge in [-0.15, -0.1) is 0 Å². The van der Waals surface area contributed by atoms with Gasteiger partial charge in [-0.3, -0.25) is 0 Å². The smallest absolute Gasteiger partial charge is 0.208 e. The lowest BCUT2D eigenvalue weighted by molar-refractivity contribution is 0.579. The van der Waals surface area contributed by atoms with Gasteiger partial charge >= 0.3 is 0 Å². The molecule has 18 heavy (non-hydrogen) atoms. The zero-order valence-electron chi connectivity index (χ0n) is 11.3. The minimum atomic E-state index is -3.05. The van der Waals surface area contributed by atoms with Crippen molar-refractivity contribution in [3.8, 4) is 0 Å². The maximum Gasteiger partial charge on any atom is 0.208 e. The first-order chi connectivity index (χ1) is 8.40. The molecule has 0 aliphatic rings. The number of aryl methyl sites for hydroxylation is 2. The summed E-state index contributed by atoms with van der Waals surface area (Å²) in [7, 11) is -3.05. The normalized spacial score (nSPS) is 11.7. The van der Waals surface area contributed by atoms with Gasteiger partial charge in [-0.05, 0) is 43.5 Å². The van der Waals surface area contributed by atoms with Crippen molar-refractivity contribution in [2.45, 2.75) is 26.8 Å². The molecule has 0 aromatic heterocycles. The minimum absolute atomic E-state index is 0.485. The van der Waals surface area contributed by atoms with Gasteiger partial charge in [0, 0.05) is 13.1 Å². The van der Waals surface area contributed by atoms with Crippen LogP contribution in [0.15, 0.2) is 18.2 Å². The van der Waals surface area contributed by atoms with Crippen molar-refractivity contribution in [1.29, 1.82) is 0 Å². The summed E-state index contributed by atoms with van der Waals surface area (Å²) in [6, 6.07) is 6.27. The quantitative estimate of drug-likeness (QED) is 0.735. The molecule has 5 heteroatoms. The van der Waals surface area contributed by atoms with Crippen LogP contribution < -0.4 is 10.0 Å². The molecule has 102 valence electrons. The van der Waals surface area contributed by atoms with Gasteiger partial charge in [0.25, 0.3) is 0 Å². The Bertz CT molecular complexity index is 464. The number of rotatable bonds is 7. The Balaban J connectivity index is 2.26. The molecule has 0 atom stereocenters. The lowest BCUT2D eigenvalue weighted by atomic mass is 10.0. The van der Waals surface area contributed by atoms with E-state index in [1.165, 1.54) is 22.9 Å². The summed E-state index contributed by atoms with van der Waals surface area (Å²) in [4.78, 5) is 0. The van der Waals surface area contributed by atoms with Gasteiger partial charge in [-0.2, -0.15) is 0 Å². The van der Waals surface area contributed by atoms with Crippen LogP contribution >= 0.6 is 0 Å². The standard InChI is InChI=1S/C13H22N2O2S/c1-11-6-4-7-12(2)13(11)10-14-8-5-9-15-18(3,16)17/h4,6-7,14-15H,5,8-10H2,1-3H3. The Morgan fingerprint density at radius 3 is 2.28 bits per heavy atom. The fraction of sp³-hybridized carbons (Fsp3) is 0.538. The molecule has 0 bridgehead atoms. The zero-order chi connectivity index (χ0) is 13.6. The average molecular weight is 270 g/mol.